The summed E-state index contributed by atoms with van der Waals surface area (Å²) in [7, 11) is 1.67. The van der Waals surface area contributed by atoms with E-state index in [4.69, 9.17) is 10.5 Å². The number of nitrogens with two attached hydrogens (primary N) is 1. The topological polar surface area (TPSA) is 73.1 Å². The highest BCUT2D eigenvalue weighted by atomic mass is 32.1. The molecule has 0 fully saturated rings. The molecule has 0 aliphatic rings. The number of rotatable bonds is 8. The van der Waals surface area contributed by atoms with Crippen molar-refractivity contribution in [1.29, 1.82) is 0 Å². The summed E-state index contributed by atoms with van der Waals surface area (Å²) >= 11 is 1.39. The molecule has 0 radical (unpaired) electrons. The Labute approximate surface area is 129 Å². The van der Waals surface area contributed by atoms with Crippen molar-refractivity contribution in [1.82, 2.24) is 9.36 Å². The molecule has 21 heavy (non-hydrogen) atoms. The third-order valence-corrected chi connectivity index (χ3v) is 3.90. The lowest BCUT2D eigenvalue weighted by atomic mass is 10.1. The smallest absolute Gasteiger partial charge is 0.202 e. The molecule has 0 bridgehead atoms. The highest BCUT2D eigenvalue weighted by Gasteiger charge is 2.10. The average molecular weight is 306 g/mol. The van der Waals surface area contributed by atoms with Crippen molar-refractivity contribution in [3.63, 3.8) is 0 Å². The van der Waals surface area contributed by atoms with Crippen molar-refractivity contribution < 1.29 is 4.74 Å². The summed E-state index contributed by atoms with van der Waals surface area (Å²) < 4.78 is 9.63. The van der Waals surface area contributed by atoms with Gasteiger partial charge >= 0.3 is 0 Å². The summed E-state index contributed by atoms with van der Waals surface area (Å²) in [6, 6.07) is 8.24. The summed E-state index contributed by atoms with van der Waals surface area (Å²) in [5.74, 6) is 1.68. The summed E-state index contributed by atoms with van der Waals surface area (Å²) in [6.45, 7) is 2.76. The van der Waals surface area contributed by atoms with E-state index < -0.39 is 0 Å². The molecule has 1 aromatic carbocycles. The van der Waals surface area contributed by atoms with Gasteiger partial charge in [-0.2, -0.15) is 4.37 Å². The number of nitrogens with one attached hydrogen (secondary N) is 1. The Bertz CT molecular complexity index is 558. The maximum absolute atomic E-state index is 5.75. The fraction of sp³-hybridized carbons (Fsp3) is 0.467. The second-order valence-corrected chi connectivity index (χ2v) is 5.66. The van der Waals surface area contributed by atoms with E-state index >= 15 is 0 Å². The first kappa shape index (κ1) is 15.7. The lowest BCUT2D eigenvalue weighted by Gasteiger charge is -2.13. The third-order valence-electron chi connectivity index (χ3n) is 3.21. The number of methoxy groups -OCH3 is 1. The van der Waals surface area contributed by atoms with Crippen LogP contribution in [-0.4, -0.2) is 29.1 Å². The van der Waals surface area contributed by atoms with E-state index in [1.807, 2.05) is 18.2 Å². The van der Waals surface area contributed by atoms with Crippen molar-refractivity contribution in [2.45, 2.75) is 32.2 Å². The van der Waals surface area contributed by atoms with Gasteiger partial charge in [0.25, 0.3) is 0 Å². The molecule has 0 spiro atoms. The van der Waals surface area contributed by atoms with Crippen LogP contribution < -0.4 is 15.8 Å². The monoisotopic (exact) mass is 306 g/mol. The number of anilines is 1. The lowest BCUT2D eigenvalue weighted by molar-refractivity contribution is 0.414. The van der Waals surface area contributed by atoms with Crippen LogP contribution in [0.25, 0.3) is 0 Å². The lowest BCUT2D eigenvalue weighted by Crippen LogP contribution is -2.28. The van der Waals surface area contributed by atoms with Crippen LogP contribution in [0.3, 0.4) is 0 Å². The van der Waals surface area contributed by atoms with E-state index in [1.165, 1.54) is 11.5 Å². The van der Waals surface area contributed by atoms with Crippen LogP contribution in [0.2, 0.25) is 0 Å². The maximum Gasteiger partial charge on any atom is 0.202 e. The molecule has 3 N–H and O–H groups in total. The SMILES string of the molecule is CCCC(CN)Nc1nc(Cc2cccc(OC)c2)ns1. The number of aromatic nitrogens is 2. The minimum absolute atomic E-state index is 0.271. The van der Waals surface area contributed by atoms with Crippen molar-refractivity contribution in [2.24, 2.45) is 5.73 Å². The molecule has 114 valence electrons. The maximum atomic E-state index is 5.75. The first-order chi connectivity index (χ1) is 10.2. The third kappa shape index (κ3) is 4.68. The highest BCUT2D eigenvalue weighted by Crippen LogP contribution is 2.18. The van der Waals surface area contributed by atoms with Crippen molar-refractivity contribution in [3.8, 4) is 5.75 Å². The van der Waals surface area contributed by atoms with Crippen molar-refractivity contribution >= 4 is 16.7 Å². The first-order valence-electron chi connectivity index (χ1n) is 7.17. The van der Waals surface area contributed by atoms with Crippen LogP contribution in [0.5, 0.6) is 5.75 Å². The van der Waals surface area contributed by atoms with Gasteiger partial charge in [-0.15, -0.1) is 0 Å². The van der Waals surface area contributed by atoms with E-state index in [2.05, 4.69) is 27.7 Å². The second-order valence-electron chi connectivity index (χ2n) is 4.91. The molecule has 5 nitrogen and oxygen atoms in total. The zero-order valence-corrected chi connectivity index (χ0v) is 13.3. The van der Waals surface area contributed by atoms with E-state index in [0.717, 1.165) is 35.1 Å². The molecule has 0 saturated heterocycles. The molecular weight excluding hydrogens is 284 g/mol. The van der Waals surface area contributed by atoms with Crippen molar-refractivity contribution in [3.05, 3.63) is 35.7 Å². The molecule has 1 unspecified atom stereocenters. The largest absolute Gasteiger partial charge is 0.497 e. The molecule has 2 aromatic rings. The summed E-state index contributed by atoms with van der Waals surface area (Å²) in [4.78, 5) is 4.53. The average Bonchev–Trinajstić information content (AvgIpc) is 2.94. The number of nitrogens with zero attached hydrogens (tertiary/aromatic N) is 2. The molecule has 0 saturated carbocycles. The van der Waals surface area contributed by atoms with Gasteiger partial charge in [0.05, 0.1) is 7.11 Å². The van der Waals surface area contributed by atoms with Crippen molar-refractivity contribution in [2.75, 3.05) is 19.0 Å². The van der Waals surface area contributed by atoms with E-state index in [-0.39, 0.29) is 6.04 Å². The normalized spacial score (nSPS) is 12.1. The molecule has 1 aromatic heterocycles. The van der Waals surface area contributed by atoms with Crippen LogP contribution in [0.4, 0.5) is 5.13 Å². The number of hydrogen-bond acceptors (Lipinski definition) is 6. The van der Waals surface area contributed by atoms with Gasteiger partial charge in [0, 0.05) is 30.5 Å². The summed E-state index contributed by atoms with van der Waals surface area (Å²) in [5, 5.41) is 4.20. The van der Waals surface area contributed by atoms with Crippen LogP contribution in [0.1, 0.15) is 31.2 Å². The molecule has 1 atom stereocenters. The number of ether oxygens (including phenoxy) is 1. The Morgan fingerprint density at radius 1 is 1.43 bits per heavy atom. The second kappa shape index (κ2) is 7.95. The van der Waals surface area contributed by atoms with E-state index in [9.17, 15) is 0 Å². The van der Waals surface area contributed by atoms with Gasteiger partial charge in [0.1, 0.15) is 11.6 Å². The van der Waals surface area contributed by atoms with E-state index in [1.54, 1.807) is 7.11 Å². The first-order valence-corrected chi connectivity index (χ1v) is 7.94. The molecule has 0 aliphatic carbocycles. The van der Waals surface area contributed by atoms with Crippen LogP contribution in [0, 0.1) is 0 Å². The van der Waals surface area contributed by atoms with Gasteiger partial charge in [0.2, 0.25) is 5.13 Å². The fourth-order valence-electron chi connectivity index (χ4n) is 2.12. The zero-order chi connectivity index (χ0) is 15.1. The minimum atomic E-state index is 0.271. The van der Waals surface area contributed by atoms with Gasteiger partial charge in [-0.1, -0.05) is 25.5 Å². The van der Waals surface area contributed by atoms with Crippen LogP contribution in [-0.2, 0) is 6.42 Å². The Hall–Kier alpha value is -1.66. The van der Waals surface area contributed by atoms with Gasteiger partial charge in [-0.05, 0) is 24.1 Å². The summed E-state index contributed by atoms with van der Waals surface area (Å²) in [5.41, 5.74) is 6.89. The van der Waals surface area contributed by atoms with Gasteiger partial charge in [0.15, 0.2) is 0 Å². The van der Waals surface area contributed by atoms with Gasteiger partial charge in [-0.3, -0.25) is 0 Å². The van der Waals surface area contributed by atoms with Crippen LogP contribution >= 0.6 is 11.5 Å². The molecule has 2 rings (SSSR count). The predicted molar refractivity (Wildman–Crippen MR) is 87.1 cm³/mol. The zero-order valence-electron chi connectivity index (χ0n) is 12.5. The summed E-state index contributed by atoms with van der Waals surface area (Å²) in [6.07, 6.45) is 2.85. The Morgan fingerprint density at radius 3 is 3.00 bits per heavy atom. The standard InChI is InChI=1S/C15H22N4OS/c1-3-5-12(10-16)17-15-18-14(19-21-15)9-11-6-4-7-13(8-11)20-2/h4,6-8,12H,3,5,9-10,16H2,1-2H3,(H,17,18,19). The Kier molecular flexibility index (Phi) is 5.95. The molecule has 0 aliphatic heterocycles. The number of hydrogen-bond donors (Lipinski definition) is 2. The molecular formula is C15H22N4OS. The molecule has 6 heteroatoms. The van der Waals surface area contributed by atoms with Crippen LogP contribution in [0.15, 0.2) is 24.3 Å². The fourth-order valence-corrected chi connectivity index (χ4v) is 2.78. The minimum Gasteiger partial charge on any atom is -0.497 e. The highest BCUT2D eigenvalue weighted by molar-refractivity contribution is 7.09. The Morgan fingerprint density at radius 2 is 2.29 bits per heavy atom. The van der Waals surface area contributed by atoms with E-state index in [0.29, 0.717) is 13.0 Å². The quantitative estimate of drug-likeness (QED) is 0.784. The van der Waals surface area contributed by atoms with Gasteiger partial charge in [-0.25, -0.2) is 4.98 Å². The molecule has 1 heterocycles. The predicted octanol–water partition coefficient (Wildman–Crippen LogP) is 2.68. The van der Waals surface area contributed by atoms with Gasteiger partial charge < -0.3 is 15.8 Å². The Balaban J connectivity index is 1.99. The molecule has 0 amide bonds. The number of benzene rings is 1.